The van der Waals surface area contributed by atoms with E-state index in [0.717, 1.165) is 11.0 Å². The predicted molar refractivity (Wildman–Crippen MR) is 109 cm³/mol. The molecule has 0 radical (unpaired) electrons. The molecule has 7 nitrogen and oxygen atoms in total. The largest absolute Gasteiger partial charge is 0.457 e. The van der Waals surface area contributed by atoms with Crippen molar-refractivity contribution >= 4 is 34.4 Å². The van der Waals surface area contributed by atoms with E-state index in [1.165, 1.54) is 18.2 Å². The molecule has 0 aliphatic heterocycles. The van der Waals surface area contributed by atoms with Gasteiger partial charge in [0.05, 0.1) is 45.5 Å². The van der Waals surface area contributed by atoms with Crippen molar-refractivity contribution in [2.45, 2.75) is 6.54 Å². The van der Waals surface area contributed by atoms with E-state index >= 15 is 0 Å². The summed E-state index contributed by atoms with van der Waals surface area (Å²) in [6.07, 6.45) is 3.32. The zero-order valence-corrected chi connectivity index (χ0v) is 15.7. The lowest BCUT2D eigenvalue weighted by molar-refractivity contribution is -0.384. The van der Waals surface area contributed by atoms with Gasteiger partial charge < -0.3 is 8.98 Å². The summed E-state index contributed by atoms with van der Waals surface area (Å²) in [6.45, 7) is 0.338. The molecular weight excluding hydrogens is 392 g/mol. The second kappa shape index (κ2) is 7.62. The Morgan fingerprint density at radius 2 is 2.10 bits per heavy atom. The van der Waals surface area contributed by atoms with Crippen LogP contribution in [0.1, 0.15) is 5.76 Å². The van der Waals surface area contributed by atoms with Crippen LogP contribution in [0.4, 0.5) is 5.69 Å². The van der Waals surface area contributed by atoms with Crippen molar-refractivity contribution in [3.05, 3.63) is 87.4 Å². The monoisotopic (exact) mass is 404 g/mol. The van der Waals surface area contributed by atoms with Crippen LogP contribution in [-0.4, -0.2) is 14.5 Å². The molecule has 0 N–H and O–H groups in total. The number of nitro groups is 1. The number of rotatable bonds is 5. The van der Waals surface area contributed by atoms with Gasteiger partial charge in [-0.05, 0) is 36.4 Å². The molecule has 0 bridgehead atoms. The first kappa shape index (κ1) is 18.5. The molecule has 4 rings (SSSR count). The van der Waals surface area contributed by atoms with E-state index in [0.29, 0.717) is 34.2 Å². The van der Waals surface area contributed by atoms with E-state index in [4.69, 9.17) is 16.0 Å². The minimum atomic E-state index is -0.493. The highest BCUT2D eigenvalue weighted by molar-refractivity contribution is 6.33. The fourth-order valence-corrected chi connectivity index (χ4v) is 3.21. The minimum Gasteiger partial charge on any atom is -0.457 e. The summed E-state index contributed by atoms with van der Waals surface area (Å²) in [4.78, 5) is 14.8. The molecule has 2 aromatic heterocycles. The van der Waals surface area contributed by atoms with Crippen LogP contribution in [0.2, 0.25) is 5.02 Å². The van der Waals surface area contributed by atoms with Gasteiger partial charge in [-0.15, -0.1) is 0 Å². The number of fused-ring (bicyclic) bond motifs is 1. The maximum absolute atomic E-state index is 11.0. The Balaban J connectivity index is 1.63. The average molecular weight is 405 g/mol. The third kappa shape index (κ3) is 3.74. The quantitative estimate of drug-likeness (QED) is 0.249. The number of halogens is 1. The second-order valence-corrected chi connectivity index (χ2v) is 6.67. The van der Waals surface area contributed by atoms with Crippen LogP contribution >= 0.6 is 11.6 Å². The number of aromatic nitrogens is 2. The van der Waals surface area contributed by atoms with E-state index in [1.807, 2.05) is 28.8 Å². The van der Waals surface area contributed by atoms with E-state index in [2.05, 4.69) is 11.1 Å². The third-order valence-corrected chi connectivity index (χ3v) is 4.71. The molecule has 29 heavy (non-hydrogen) atoms. The topological polar surface area (TPSA) is 97.9 Å². The van der Waals surface area contributed by atoms with Crippen LogP contribution in [-0.2, 0) is 6.54 Å². The summed E-state index contributed by atoms with van der Waals surface area (Å²) in [6, 6.07) is 17.3. The zero-order chi connectivity index (χ0) is 20.4. The third-order valence-electron chi connectivity index (χ3n) is 4.38. The number of imidazole rings is 1. The first-order valence-electron chi connectivity index (χ1n) is 8.60. The summed E-state index contributed by atoms with van der Waals surface area (Å²) in [5.41, 5.74) is 2.59. The van der Waals surface area contributed by atoms with Crippen molar-refractivity contribution in [2.75, 3.05) is 0 Å². The van der Waals surface area contributed by atoms with Crippen molar-refractivity contribution in [1.82, 2.24) is 9.55 Å². The first-order chi connectivity index (χ1) is 14.0. The maximum atomic E-state index is 11.0. The lowest BCUT2D eigenvalue weighted by Gasteiger charge is -2.03. The number of allylic oxidation sites excluding steroid dienone is 1. The minimum absolute atomic E-state index is 0.0809. The number of para-hydroxylation sites is 2. The van der Waals surface area contributed by atoms with E-state index < -0.39 is 4.92 Å². The van der Waals surface area contributed by atoms with Gasteiger partial charge in [0, 0.05) is 17.7 Å². The van der Waals surface area contributed by atoms with Crippen LogP contribution in [0, 0.1) is 21.4 Å². The van der Waals surface area contributed by atoms with Crippen LogP contribution in [0.5, 0.6) is 0 Å². The Hall–Kier alpha value is -3.89. The van der Waals surface area contributed by atoms with Crippen molar-refractivity contribution in [3.63, 3.8) is 0 Å². The number of nitriles is 1. The van der Waals surface area contributed by atoms with Gasteiger partial charge in [-0.2, -0.15) is 5.26 Å². The molecule has 8 heteroatoms. The van der Waals surface area contributed by atoms with Crippen LogP contribution < -0.4 is 0 Å². The van der Waals surface area contributed by atoms with Gasteiger partial charge in [-0.1, -0.05) is 23.7 Å². The molecule has 142 valence electrons. The lowest BCUT2D eigenvalue weighted by Crippen LogP contribution is -1.98. The standard InChI is InChI=1S/C21H13ClN4O3/c22-18-7-5-15(26(27)28)10-17(18)21-8-6-16(29-21)9-14(11-23)12-25-13-24-19-3-1-2-4-20(19)25/h1-10,13H,12H2/b14-9-. The molecule has 0 unspecified atom stereocenters. The number of furan rings is 1. The highest BCUT2D eigenvalue weighted by atomic mass is 35.5. The molecular formula is C21H13ClN4O3. The summed E-state index contributed by atoms with van der Waals surface area (Å²) in [5.74, 6) is 0.832. The van der Waals surface area contributed by atoms with Crippen molar-refractivity contribution in [1.29, 1.82) is 5.26 Å². The normalized spacial score (nSPS) is 11.5. The SMILES string of the molecule is N#C/C(=C/c1ccc(-c2cc([N+](=O)[O-])ccc2Cl)o1)Cn1cnc2ccccc21. The lowest BCUT2D eigenvalue weighted by atomic mass is 10.1. The molecule has 0 saturated heterocycles. The Bertz CT molecular complexity index is 1300. The predicted octanol–water partition coefficient (Wildman–Crippen LogP) is 5.47. The van der Waals surface area contributed by atoms with Crippen molar-refractivity contribution in [3.8, 4) is 17.4 Å². The van der Waals surface area contributed by atoms with E-state index in [-0.39, 0.29) is 5.69 Å². The van der Waals surface area contributed by atoms with Gasteiger partial charge in [0.25, 0.3) is 5.69 Å². The molecule has 0 aliphatic carbocycles. The molecule has 0 amide bonds. The number of hydrogen-bond acceptors (Lipinski definition) is 5. The zero-order valence-electron chi connectivity index (χ0n) is 14.9. The highest BCUT2D eigenvalue weighted by Crippen LogP contribution is 2.33. The van der Waals surface area contributed by atoms with Crippen LogP contribution in [0.3, 0.4) is 0 Å². The van der Waals surface area contributed by atoms with E-state index in [9.17, 15) is 15.4 Å². The summed E-state index contributed by atoms with van der Waals surface area (Å²) < 4.78 is 7.65. The fourth-order valence-electron chi connectivity index (χ4n) is 3.00. The van der Waals surface area contributed by atoms with Crippen LogP contribution in [0.25, 0.3) is 28.4 Å². The van der Waals surface area contributed by atoms with Gasteiger partial charge in [-0.25, -0.2) is 4.98 Å². The molecule has 0 saturated carbocycles. The Kier molecular flexibility index (Phi) is 4.85. The average Bonchev–Trinajstić information content (AvgIpc) is 3.35. The van der Waals surface area contributed by atoms with Crippen molar-refractivity contribution in [2.24, 2.45) is 0 Å². The maximum Gasteiger partial charge on any atom is 0.270 e. The first-order valence-corrected chi connectivity index (χ1v) is 8.97. The van der Waals surface area contributed by atoms with Gasteiger partial charge in [0.1, 0.15) is 11.5 Å². The Labute approximate surface area is 170 Å². The highest BCUT2D eigenvalue weighted by Gasteiger charge is 2.14. The van der Waals surface area contributed by atoms with Gasteiger partial charge in [-0.3, -0.25) is 10.1 Å². The van der Waals surface area contributed by atoms with E-state index in [1.54, 1.807) is 24.5 Å². The molecule has 4 aromatic rings. The number of benzene rings is 2. The Morgan fingerprint density at radius 3 is 2.90 bits per heavy atom. The molecule has 2 heterocycles. The fraction of sp³-hybridized carbons (Fsp3) is 0.0476. The number of nitrogens with zero attached hydrogens (tertiary/aromatic N) is 4. The molecule has 0 fully saturated rings. The number of nitro benzene ring substituents is 1. The van der Waals surface area contributed by atoms with Gasteiger partial charge in [0.15, 0.2) is 0 Å². The molecule has 0 spiro atoms. The number of non-ortho nitro benzene ring substituents is 1. The van der Waals surface area contributed by atoms with Gasteiger partial charge >= 0.3 is 0 Å². The summed E-state index contributed by atoms with van der Waals surface area (Å²) in [7, 11) is 0. The van der Waals surface area contributed by atoms with Crippen LogP contribution in [0.15, 0.2) is 70.9 Å². The molecule has 2 aromatic carbocycles. The Morgan fingerprint density at radius 1 is 1.28 bits per heavy atom. The second-order valence-electron chi connectivity index (χ2n) is 6.27. The molecule has 0 aliphatic rings. The summed E-state index contributed by atoms with van der Waals surface area (Å²) in [5, 5.41) is 20.9. The molecule has 0 atom stereocenters. The van der Waals surface area contributed by atoms with Gasteiger partial charge in [0.2, 0.25) is 0 Å². The number of hydrogen-bond donors (Lipinski definition) is 0. The summed E-state index contributed by atoms with van der Waals surface area (Å²) >= 11 is 6.17. The smallest absolute Gasteiger partial charge is 0.270 e. The van der Waals surface area contributed by atoms with Crippen molar-refractivity contribution < 1.29 is 9.34 Å².